The molecule has 3 N–H and O–H groups in total. The van der Waals surface area contributed by atoms with E-state index < -0.39 is 10.2 Å². The maximum Gasteiger partial charge on any atom is 0.276 e. The van der Waals surface area contributed by atoms with Crippen molar-refractivity contribution >= 4 is 21.8 Å². The second kappa shape index (κ2) is 8.44. The van der Waals surface area contributed by atoms with Gasteiger partial charge in [-0.15, -0.1) is 0 Å². The first-order chi connectivity index (χ1) is 10.9. The Hall–Kier alpha value is -0.660. The van der Waals surface area contributed by atoms with Crippen molar-refractivity contribution in [1.82, 2.24) is 14.8 Å². The van der Waals surface area contributed by atoms with Gasteiger partial charge in [-0.3, -0.25) is 0 Å². The molecule has 1 atom stereocenters. The van der Waals surface area contributed by atoms with Crippen LogP contribution >= 0.6 is 11.6 Å². The summed E-state index contributed by atoms with van der Waals surface area (Å²) >= 11 is 5.82. The van der Waals surface area contributed by atoms with E-state index in [2.05, 4.69) is 21.7 Å². The molecule has 0 unspecified atom stereocenters. The third-order valence-electron chi connectivity index (χ3n) is 4.27. The Morgan fingerprint density at radius 3 is 2.57 bits per heavy atom. The van der Waals surface area contributed by atoms with Gasteiger partial charge in [-0.2, -0.15) is 8.42 Å². The number of hydrogen-bond donors (Lipinski definition) is 3. The van der Waals surface area contributed by atoms with Gasteiger partial charge in [0.2, 0.25) is 0 Å². The molecular formula is C16H26ClN3O2S. The van der Waals surface area contributed by atoms with Crippen molar-refractivity contribution < 1.29 is 8.42 Å². The Morgan fingerprint density at radius 1 is 1.22 bits per heavy atom. The van der Waals surface area contributed by atoms with Gasteiger partial charge >= 0.3 is 0 Å². The lowest BCUT2D eigenvalue weighted by molar-refractivity contribution is 0.373. The van der Waals surface area contributed by atoms with Crippen molar-refractivity contribution in [3.63, 3.8) is 0 Å². The van der Waals surface area contributed by atoms with Crippen molar-refractivity contribution in [2.75, 3.05) is 19.6 Å². The Bertz CT molecular complexity index is 584. The average Bonchev–Trinajstić information content (AvgIpc) is 2.93. The maximum absolute atomic E-state index is 11.9. The lowest BCUT2D eigenvalue weighted by Gasteiger charge is -2.24. The molecule has 2 rings (SSSR count). The van der Waals surface area contributed by atoms with Crippen LogP contribution < -0.4 is 14.8 Å². The first kappa shape index (κ1) is 18.7. The first-order valence-corrected chi connectivity index (χ1v) is 9.98. The van der Waals surface area contributed by atoms with Crippen LogP contribution in [0.3, 0.4) is 0 Å². The monoisotopic (exact) mass is 359 g/mol. The molecule has 1 fully saturated rings. The Kier molecular flexibility index (Phi) is 6.85. The van der Waals surface area contributed by atoms with Gasteiger partial charge in [0.05, 0.1) is 0 Å². The van der Waals surface area contributed by atoms with Crippen LogP contribution in [0.25, 0.3) is 0 Å². The van der Waals surface area contributed by atoms with Gasteiger partial charge < -0.3 is 5.32 Å². The van der Waals surface area contributed by atoms with Crippen LogP contribution in [0.15, 0.2) is 24.3 Å². The van der Waals surface area contributed by atoms with Crippen LogP contribution in [0.4, 0.5) is 0 Å². The highest BCUT2D eigenvalue weighted by atomic mass is 35.5. The van der Waals surface area contributed by atoms with Crippen molar-refractivity contribution in [2.45, 2.75) is 44.6 Å². The minimum absolute atomic E-state index is 0.174. The SMILES string of the molecule is C[C@@]1(CCCNS(=O)(=O)NCCc2ccc(Cl)cc2)CCCN1. The van der Waals surface area contributed by atoms with Crippen molar-refractivity contribution in [1.29, 1.82) is 0 Å². The normalized spacial score (nSPS) is 21.7. The topological polar surface area (TPSA) is 70.2 Å². The van der Waals surface area contributed by atoms with Gasteiger partial charge in [0.1, 0.15) is 0 Å². The highest BCUT2D eigenvalue weighted by molar-refractivity contribution is 7.87. The van der Waals surface area contributed by atoms with Crippen LogP contribution in [-0.2, 0) is 16.6 Å². The van der Waals surface area contributed by atoms with Crippen LogP contribution in [0, 0.1) is 0 Å². The minimum Gasteiger partial charge on any atom is -0.312 e. The lowest BCUT2D eigenvalue weighted by Crippen LogP contribution is -2.40. The summed E-state index contributed by atoms with van der Waals surface area (Å²) < 4.78 is 29.0. The van der Waals surface area contributed by atoms with Crippen LogP contribution in [0.1, 0.15) is 38.2 Å². The van der Waals surface area contributed by atoms with E-state index in [-0.39, 0.29) is 5.54 Å². The summed E-state index contributed by atoms with van der Waals surface area (Å²) in [5, 5.41) is 4.17. The first-order valence-electron chi connectivity index (χ1n) is 8.12. The van der Waals surface area contributed by atoms with E-state index in [9.17, 15) is 8.42 Å². The summed E-state index contributed by atoms with van der Waals surface area (Å²) in [6.07, 6.45) is 4.83. The molecule has 0 spiro atoms. The fourth-order valence-electron chi connectivity index (χ4n) is 2.89. The number of halogens is 1. The van der Waals surface area contributed by atoms with Gasteiger partial charge in [-0.25, -0.2) is 9.44 Å². The summed E-state index contributed by atoms with van der Waals surface area (Å²) in [5.41, 5.74) is 1.23. The number of benzene rings is 1. The molecule has 23 heavy (non-hydrogen) atoms. The summed E-state index contributed by atoms with van der Waals surface area (Å²) in [4.78, 5) is 0. The average molecular weight is 360 g/mol. The van der Waals surface area contributed by atoms with E-state index >= 15 is 0 Å². The highest BCUT2D eigenvalue weighted by Gasteiger charge is 2.27. The van der Waals surface area contributed by atoms with E-state index in [0.29, 0.717) is 24.5 Å². The molecule has 0 saturated carbocycles. The molecule has 0 aliphatic carbocycles. The largest absolute Gasteiger partial charge is 0.312 e. The fourth-order valence-corrected chi connectivity index (χ4v) is 3.90. The summed E-state index contributed by atoms with van der Waals surface area (Å²) in [5.74, 6) is 0. The zero-order valence-corrected chi connectivity index (χ0v) is 15.1. The maximum atomic E-state index is 11.9. The van der Waals surface area contributed by atoms with E-state index in [1.54, 1.807) is 12.1 Å². The minimum atomic E-state index is -3.42. The molecule has 7 heteroatoms. The molecule has 1 aliphatic rings. The molecule has 1 heterocycles. The Morgan fingerprint density at radius 2 is 1.91 bits per heavy atom. The summed E-state index contributed by atoms with van der Waals surface area (Å²) in [6, 6.07) is 7.42. The predicted octanol–water partition coefficient (Wildman–Crippen LogP) is 2.23. The quantitative estimate of drug-likeness (QED) is 0.592. The second-order valence-electron chi connectivity index (χ2n) is 6.36. The predicted molar refractivity (Wildman–Crippen MR) is 95.0 cm³/mol. The van der Waals surface area contributed by atoms with Gasteiger partial charge in [-0.1, -0.05) is 23.7 Å². The van der Waals surface area contributed by atoms with Crippen LogP contribution in [0.2, 0.25) is 5.02 Å². The molecule has 1 aliphatic heterocycles. The van der Waals surface area contributed by atoms with Crippen molar-refractivity contribution in [3.8, 4) is 0 Å². The van der Waals surface area contributed by atoms with Crippen molar-refractivity contribution in [2.24, 2.45) is 0 Å². The Balaban J connectivity index is 1.63. The van der Waals surface area contributed by atoms with Crippen molar-refractivity contribution in [3.05, 3.63) is 34.9 Å². The number of rotatable bonds is 9. The fraction of sp³-hybridized carbons (Fsp3) is 0.625. The molecular weight excluding hydrogens is 334 g/mol. The lowest BCUT2D eigenvalue weighted by atomic mass is 9.94. The van der Waals surface area contributed by atoms with Crippen LogP contribution in [0.5, 0.6) is 0 Å². The van der Waals surface area contributed by atoms with Crippen LogP contribution in [-0.4, -0.2) is 33.6 Å². The molecule has 1 saturated heterocycles. The van der Waals surface area contributed by atoms with Gasteiger partial charge in [0.25, 0.3) is 10.2 Å². The third-order valence-corrected chi connectivity index (χ3v) is 5.69. The van der Waals surface area contributed by atoms with Gasteiger partial charge in [-0.05, 0) is 63.3 Å². The smallest absolute Gasteiger partial charge is 0.276 e. The number of nitrogens with one attached hydrogen (secondary N) is 3. The summed E-state index contributed by atoms with van der Waals surface area (Å²) in [7, 11) is -3.42. The molecule has 1 aromatic carbocycles. The summed E-state index contributed by atoms with van der Waals surface area (Å²) in [6.45, 7) is 4.11. The molecule has 0 bridgehead atoms. The molecule has 0 amide bonds. The second-order valence-corrected chi connectivity index (χ2v) is 8.38. The number of hydrogen-bond acceptors (Lipinski definition) is 3. The highest BCUT2D eigenvalue weighted by Crippen LogP contribution is 2.23. The molecule has 5 nitrogen and oxygen atoms in total. The van der Waals surface area contributed by atoms with Gasteiger partial charge in [0.15, 0.2) is 0 Å². The third kappa shape index (κ3) is 6.77. The van der Waals surface area contributed by atoms with E-state index in [0.717, 1.165) is 24.9 Å². The van der Waals surface area contributed by atoms with Gasteiger partial charge in [0, 0.05) is 23.7 Å². The Labute approximate surface area is 144 Å². The molecule has 0 aromatic heterocycles. The van der Waals surface area contributed by atoms with E-state index in [1.165, 1.54) is 12.8 Å². The molecule has 0 radical (unpaired) electrons. The molecule has 1 aromatic rings. The van der Waals surface area contributed by atoms with E-state index in [1.807, 2.05) is 12.1 Å². The zero-order chi connectivity index (χ0) is 16.8. The molecule has 130 valence electrons. The van der Waals surface area contributed by atoms with E-state index in [4.69, 9.17) is 11.6 Å². The zero-order valence-electron chi connectivity index (χ0n) is 13.6. The standard InChI is InChI=1S/C16H26ClN3O2S/c1-16(9-2-11-18-16)10-3-12-19-23(21,22)20-13-8-14-4-6-15(17)7-5-14/h4-7,18-20H,2-3,8-13H2,1H3/t16-/m0/s1.